The molecule has 0 atom stereocenters. The highest BCUT2D eigenvalue weighted by atomic mass is 32.1. The van der Waals surface area contributed by atoms with Gasteiger partial charge in [-0.3, -0.25) is 5.32 Å². The Balaban J connectivity index is 1.58. The number of aromatic nitrogens is 2. The summed E-state index contributed by atoms with van der Waals surface area (Å²) in [6.45, 7) is 3.93. The zero-order valence-corrected chi connectivity index (χ0v) is 17.4. The summed E-state index contributed by atoms with van der Waals surface area (Å²) in [5.41, 5.74) is 2.89. The summed E-state index contributed by atoms with van der Waals surface area (Å²) in [7, 11) is 1.58. The van der Waals surface area contributed by atoms with Crippen LogP contribution in [0.5, 0.6) is 5.88 Å². The average Bonchev–Trinajstić information content (AvgIpc) is 3.22. The molecule has 0 aromatic carbocycles. The summed E-state index contributed by atoms with van der Waals surface area (Å²) in [5.74, 6) is 0.462. The minimum absolute atomic E-state index is 0.145. The number of nitrogens with zero attached hydrogens (tertiary/aromatic N) is 3. The molecule has 0 saturated carbocycles. The molecular formula is C20H26N4O4S. The number of rotatable bonds is 3. The zero-order valence-electron chi connectivity index (χ0n) is 16.6. The van der Waals surface area contributed by atoms with Crippen LogP contribution in [0.15, 0.2) is 12.3 Å². The van der Waals surface area contributed by atoms with Crippen LogP contribution in [0.4, 0.5) is 9.93 Å². The SMILES string of the molecule is COc1ncc(C2=CCOCC2)c2sc(NC(=O)N3CCCCCOCC3)nc12. The van der Waals surface area contributed by atoms with Crippen LogP contribution in [0.3, 0.4) is 0 Å². The second-order valence-electron chi connectivity index (χ2n) is 7.02. The lowest BCUT2D eigenvalue weighted by atomic mass is 10.0. The Kier molecular flexibility index (Phi) is 6.58. The van der Waals surface area contributed by atoms with E-state index in [0.717, 1.165) is 49.1 Å². The fourth-order valence-corrected chi connectivity index (χ4v) is 4.53. The van der Waals surface area contributed by atoms with Crippen molar-refractivity contribution in [1.82, 2.24) is 14.9 Å². The molecule has 0 radical (unpaired) electrons. The van der Waals surface area contributed by atoms with E-state index in [9.17, 15) is 4.79 Å². The molecule has 2 aromatic heterocycles. The van der Waals surface area contributed by atoms with E-state index in [4.69, 9.17) is 14.2 Å². The van der Waals surface area contributed by atoms with Crippen molar-refractivity contribution in [3.8, 4) is 5.88 Å². The molecule has 2 aliphatic heterocycles. The number of carbonyl (C=O) groups excluding carboxylic acids is 1. The van der Waals surface area contributed by atoms with Crippen molar-refractivity contribution in [2.45, 2.75) is 25.7 Å². The molecule has 1 fully saturated rings. The molecule has 2 amide bonds. The number of anilines is 1. The van der Waals surface area contributed by atoms with Crippen molar-refractivity contribution < 1.29 is 19.0 Å². The van der Waals surface area contributed by atoms with Gasteiger partial charge in [-0.2, -0.15) is 0 Å². The second kappa shape index (κ2) is 9.51. The number of amides is 2. The van der Waals surface area contributed by atoms with Crippen LogP contribution < -0.4 is 10.1 Å². The average molecular weight is 419 g/mol. The van der Waals surface area contributed by atoms with E-state index in [0.29, 0.717) is 42.9 Å². The molecule has 0 unspecified atom stereocenters. The van der Waals surface area contributed by atoms with Gasteiger partial charge in [0.05, 0.1) is 31.6 Å². The van der Waals surface area contributed by atoms with Crippen molar-refractivity contribution in [1.29, 1.82) is 0 Å². The van der Waals surface area contributed by atoms with E-state index in [-0.39, 0.29) is 6.03 Å². The highest BCUT2D eigenvalue weighted by Crippen LogP contribution is 2.37. The zero-order chi connectivity index (χ0) is 20.1. The van der Waals surface area contributed by atoms with Crippen molar-refractivity contribution in [3.05, 3.63) is 17.8 Å². The van der Waals surface area contributed by atoms with Gasteiger partial charge in [0.2, 0.25) is 5.88 Å². The summed E-state index contributed by atoms with van der Waals surface area (Å²) in [6.07, 6.45) is 7.82. The van der Waals surface area contributed by atoms with Gasteiger partial charge in [0.25, 0.3) is 0 Å². The number of carbonyl (C=O) groups is 1. The number of hydrogen-bond acceptors (Lipinski definition) is 7. The normalized spacial score (nSPS) is 18.5. The molecule has 29 heavy (non-hydrogen) atoms. The van der Waals surface area contributed by atoms with Gasteiger partial charge in [-0.1, -0.05) is 17.4 Å². The van der Waals surface area contributed by atoms with Crippen LogP contribution in [0.2, 0.25) is 0 Å². The van der Waals surface area contributed by atoms with Gasteiger partial charge in [0.1, 0.15) is 5.52 Å². The van der Waals surface area contributed by atoms with Crippen molar-refractivity contribution in [2.24, 2.45) is 0 Å². The molecule has 1 N–H and O–H groups in total. The maximum absolute atomic E-state index is 12.8. The molecule has 0 spiro atoms. The van der Waals surface area contributed by atoms with Crippen LogP contribution in [0.1, 0.15) is 31.2 Å². The standard InChI is InChI=1S/C20H26N4O4S/c1-26-18-16-17(15(13-21-18)14-5-10-28-11-6-14)29-19(22-16)23-20(25)24-7-3-2-4-9-27-12-8-24/h5,13H,2-4,6-12H2,1H3,(H,22,23,25). The Bertz CT molecular complexity index is 888. The molecule has 8 nitrogen and oxygen atoms in total. The van der Waals surface area contributed by atoms with Crippen LogP contribution in [0, 0.1) is 0 Å². The molecule has 9 heteroatoms. The predicted molar refractivity (Wildman–Crippen MR) is 113 cm³/mol. The van der Waals surface area contributed by atoms with Gasteiger partial charge in [-0.05, 0) is 31.3 Å². The maximum atomic E-state index is 12.8. The first-order chi connectivity index (χ1) is 14.3. The number of fused-ring (bicyclic) bond motifs is 1. The molecule has 4 rings (SSSR count). The minimum atomic E-state index is -0.145. The summed E-state index contributed by atoms with van der Waals surface area (Å²) in [6, 6.07) is -0.145. The fraction of sp³-hybridized carbons (Fsp3) is 0.550. The van der Waals surface area contributed by atoms with Gasteiger partial charge < -0.3 is 19.1 Å². The fourth-order valence-electron chi connectivity index (χ4n) is 3.54. The van der Waals surface area contributed by atoms with E-state index in [1.807, 2.05) is 6.20 Å². The largest absolute Gasteiger partial charge is 0.479 e. The van der Waals surface area contributed by atoms with Crippen molar-refractivity contribution in [3.63, 3.8) is 0 Å². The summed E-state index contributed by atoms with van der Waals surface area (Å²) < 4.78 is 17.4. The van der Waals surface area contributed by atoms with Gasteiger partial charge in [-0.15, -0.1) is 0 Å². The van der Waals surface area contributed by atoms with E-state index in [1.54, 1.807) is 12.0 Å². The third-order valence-electron chi connectivity index (χ3n) is 5.11. The van der Waals surface area contributed by atoms with Gasteiger partial charge in [0.15, 0.2) is 5.13 Å². The van der Waals surface area contributed by atoms with Crippen molar-refractivity contribution in [2.75, 3.05) is 51.9 Å². The summed E-state index contributed by atoms with van der Waals surface area (Å²) in [4.78, 5) is 23.6. The number of ether oxygens (including phenoxy) is 3. The number of pyridine rings is 1. The van der Waals surface area contributed by atoms with Crippen molar-refractivity contribution >= 4 is 38.3 Å². The van der Waals surface area contributed by atoms with Gasteiger partial charge >= 0.3 is 6.03 Å². The number of methoxy groups -OCH3 is 1. The van der Waals surface area contributed by atoms with E-state index >= 15 is 0 Å². The first-order valence-corrected chi connectivity index (χ1v) is 10.8. The lowest BCUT2D eigenvalue weighted by Crippen LogP contribution is -2.37. The lowest BCUT2D eigenvalue weighted by Gasteiger charge is -2.21. The predicted octanol–water partition coefficient (Wildman–Crippen LogP) is 3.54. The molecule has 2 aromatic rings. The van der Waals surface area contributed by atoms with Crippen LogP contribution in [-0.2, 0) is 9.47 Å². The van der Waals surface area contributed by atoms with Crippen LogP contribution >= 0.6 is 11.3 Å². The molecule has 156 valence electrons. The quantitative estimate of drug-likeness (QED) is 0.821. The molecule has 0 bridgehead atoms. The third kappa shape index (κ3) is 4.68. The number of urea groups is 1. The number of nitrogens with one attached hydrogen (secondary N) is 1. The highest BCUT2D eigenvalue weighted by molar-refractivity contribution is 7.22. The number of hydrogen-bond donors (Lipinski definition) is 1. The lowest BCUT2D eigenvalue weighted by molar-refractivity contribution is 0.118. The Labute approximate surface area is 173 Å². The van der Waals surface area contributed by atoms with E-state index in [1.165, 1.54) is 16.9 Å². The highest BCUT2D eigenvalue weighted by Gasteiger charge is 2.21. The summed E-state index contributed by atoms with van der Waals surface area (Å²) >= 11 is 1.45. The molecular weight excluding hydrogens is 392 g/mol. The Morgan fingerprint density at radius 2 is 2.14 bits per heavy atom. The second-order valence-corrected chi connectivity index (χ2v) is 8.02. The first-order valence-electron chi connectivity index (χ1n) is 10.0. The molecule has 4 heterocycles. The molecule has 0 aliphatic carbocycles. The van der Waals surface area contributed by atoms with Crippen LogP contribution in [-0.4, -0.2) is 67.5 Å². The maximum Gasteiger partial charge on any atom is 0.323 e. The Morgan fingerprint density at radius 3 is 2.97 bits per heavy atom. The smallest absolute Gasteiger partial charge is 0.323 e. The number of thiazole rings is 1. The Hall–Kier alpha value is -2.23. The monoisotopic (exact) mass is 418 g/mol. The third-order valence-corrected chi connectivity index (χ3v) is 6.12. The van der Waals surface area contributed by atoms with E-state index < -0.39 is 0 Å². The molecule has 1 saturated heterocycles. The topological polar surface area (TPSA) is 85.8 Å². The van der Waals surface area contributed by atoms with Gasteiger partial charge in [-0.25, -0.2) is 14.8 Å². The van der Waals surface area contributed by atoms with Gasteiger partial charge in [0, 0.05) is 31.5 Å². The molecule has 2 aliphatic rings. The van der Waals surface area contributed by atoms with E-state index in [2.05, 4.69) is 21.4 Å². The minimum Gasteiger partial charge on any atom is -0.479 e. The Morgan fingerprint density at radius 1 is 1.21 bits per heavy atom. The first kappa shape index (κ1) is 20.1. The summed E-state index contributed by atoms with van der Waals surface area (Å²) in [5, 5.41) is 3.51. The van der Waals surface area contributed by atoms with Crippen LogP contribution in [0.25, 0.3) is 15.8 Å².